The van der Waals surface area contributed by atoms with Gasteiger partial charge in [0, 0.05) is 0 Å². The number of hydrogen-bond donors (Lipinski definition) is 2. The number of nitrogens with zero attached hydrogens (tertiary/aromatic N) is 1. The Morgan fingerprint density at radius 3 is 2.63 bits per heavy atom. The van der Waals surface area contributed by atoms with Crippen molar-refractivity contribution in [3.63, 3.8) is 0 Å². The van der Waals surface area contributed by atoms with Crippen LogP contribution in [0, 0.1) is 5.92 Å². The molecular formula is C12H14N2O4S. The normalized spacial score (nSPS) is 21.6. The van der Waals surface area contributed by atoms with Crippen LogP contribution < -0.4 is 5.43 Å². The maximum absolute atomic E-state index is 11.6. The van der Waals surface area contributed by atoms with Gasteiger partial charge in [-0.3, -0.25) is 4.79 Å². The number of phenolic OH excluding ortho intramolecular Hbond substituents is 1. The van der Waals surface area contributed by atoms with Crippen LogP contribution >= 0.6 is 0 Å². The molecule has 1 amide bonds. The number of rotatable bonds is 3. The Bertz CT molecular complexity index is 593. The summed E-state index contributed by atoms with van der Waals surface area (Å²) in [7, 11) is -3.06. The molecule has 1 fully saturated rings. The summed E-state index contributed by atoms with van der Waals surface area (Å²) in [5.74, 6) is -0.782. The van der Waals surface area contributed by atoms with Crippen LogP contribution in [0.3, 0.4) is 0 Å². The van der Waals surface area contributed by atoms with E-state index in [0.717, 1.165) is 5.56 Å². The summed E-state index contributed by atoms with van der Waals surface area (Å²) in [6, 6.07) is 6.30. The molecule has 1 aromatic carbocycles. The molecule has 1 saturated heterocycles. The number of phenols is 1. The van der Waals surface area contributed by atoms with Gasteiger partial charge in [-0.15, -0.1) is 0 Å². The molecule has 19 heavy (non-hydrogen) atoms. The highest BCUT2D eigenvalue weighted by atomic mass is 32.2. The van der Waals surface area contributed by atoms with Crippen molar-refractivity contribution in [3.05, 3.63) is 29.8 Å². The standard InChI is InChI=1S/C12H14N2O4S/c15-11-3-1-9(2-4-11)7-13-14-12(16)10-5-6-19(17,18)8-10/h1-4,7,10,15H,5-6,8H2,(H,14,16)/b13-7+/t10-/m0/s1. The summed E-state index contributed by atoms with van der Waals surface area (Å²) in [4.78, 5) is 11.6. The minimum atomic E-state index is -3.06. The third kappa shape index (κ3) is 3.78. The summed E-state index contributed by atoms with van der Waals surface area (Å²) >= 11 is 0. The lowest BCUT2D eigenvalue weighted by Crippen LogP contribution is -2.27. The van der Waals surface area contributed by atoms with Gasteiger partial charge in [-0.1, -0.05) is 0 Å². The number of aromatic hydroxyl groups is 1. The van der Waals surface area contributed by atoms with Gasteiger partial charge in [-0.2, -0.15) is 5.10 Å². The van der Waals surface area contributed by atoms with Gasteiger partial charge in [-0.05, 0) is 36.2 Å². The van der Waals surface area contributed by atoms with Gasteiger partial charge in [0.25, 0.3) is 0 Å². The van der Waals surface area contributed by atoms with E-state index in [-0.39, 0.29) is 23.2 Å². The zero-order valence-electron chi connectivity index (χ0n) is 10.1. The largest absolute Gasteiger partial charge is 0.508 e. The molecule has 2 rings (SSSR count). The van der Waals surface area contributed by atoms with E-state index >= 15 is 0 Å². The van der Waals surface area contributed by atoms with E-state index < -0.39 is 15.8 Å². The maximum atomic E-state index is 11.6. The Hall–Kier alpha value is -1.89. The fourth-order valence-electron chi connectivity index (χ4n) is 1.82. The molecule has 0 bridgehead atoms. The van der Waals surface area contributed by atoms with Gasteiger partial charge < -0.3 is 5.11 Å². The number of hydrogen-bond acceptors (Lipinski definition) is 5. The van der Waals surface area contributed by atoms with Crippen LogP contribution in [0.15, 0.2) is 29.4 Å². The average molecular weight is 282 g/mol. The van der Waals surface area contributed by atoms with E-state index in [4.69, 9.17) is 5.11 Å². The topological polar surface area (TPSA) is 95.8 Å². The Labute approximate surface area is 111 Å². The molecule has 0 saturated carbocycles. The first kappa shape index (κ1) is 13.5. The smallest absolute Gasteiger partial charge is 0.244 e. The molecule has 6 nitrogen and oxygen atoms in total. The summed E-state index contributed by atoms with van der Waals surface area (Å²) < 4.78 is 22.5. The van der Waals surface area contributed by atoms with Gasteiger partial charge in [-0.25, -0.2) is 13.8 Å². The van der Waals surface area contributed by atoms with Crippen molar-refractivity contribution < 1.29 is 18.3 Å². The first-order valence-electron chi connectivity index (χ1n) is 5.79. The molecule has 0 unspecified atom stereocenters. The summed E-state index contributed by atoms with van der Waals surface area (Å²) in [6.07, 6.45) is 1.78. The zero-order chi connectivity index (χ0) is 13.9. The van der Waals surface area contributed by atoms with Gasteiger partial charge in [0.1, 0.15) is 5.75 Å². The summed E-state index contributed by atoms with van der Waals surface area (Å²) in [6.45, 7) is 0. The van der Waals surface area contributed by atoms with Crippen LogP contribution in [0.4, 0.5) is 0 Å². The first-order chi connectivity index (χ1) is 8.96. The molecule has 0 spiro atoms. The fraction of sp³-hybridized carbons (Fsp3) is 0.333. The van der Waals surface area contributed by atoms with Crippen molar-refractivity contribution in [2.45, 2.75) is 6.42 Å². The minimum Gasteiger partial charge on any atom is -0.508 e. The predicted molar refractivity (Wildman–Crippen MR) is 70.6 cm³/mol. The highest BCUT2D eigenvalue weighted by molar-refractivity contribution is 7.91. The molecule has 1 aliphatic heterocycles. The van der Waals surface area contributed by atoms with Crippen molar-refractivity contribution in [1.29, 1.82) is 0 Å². The van der Waals surface area contributed by atoms with Gasteiger partial charge in [0.05, 0.1) is 23.6 Å². The second kappa shape index (κ2) is 5.40. The molecule has 7 heteroatoms. The number of hydrazone groups is 1. The Kier molecular flexibility index (Phi) is 3.84. The average Bonchev–Trinajstić information content (AvgIpc) is 2.72. The van der Waals surface area contributed by atoms with E-state index in [0.29, 0.717) is 6.42 Å². The van der Waals surface area contributed by atoms with E-state index in [1.165, 1.54) is 18.3 Å². The molecule has 0 radical (unpaired) electrons. The summed E-state index contributed by atoms with van der Waals surface area (Å²) in [5.41, 5.74) is 3.05. The van der Waals surface area contributed by atoms with Gasteiger partial charge in [0.15, 0.2) is 9.84 Å². The molecule has 1 heterocycles. The number of benzene rings is 1. The fourth-order valence-corrected chi connectivity index (χ4v) is 3.57. The van der Waals surface area contributed by atoms with Crippen LogP contribution in [0.2, 0.25) is 0 Å². The van der Waals surface area contributed by atoms with Crippen molar-refractivity contribution in [2.75, 3.05) is 11.5 Å². The molecule has 0 aromatic heterocycles. The lowest BCUT2D eigenvalue weighted by Gasteiger charge is -2.04. The zero-order valence-corrected chi connectivity index (χ0v) is 10.9. The van der Waals surface area contributed by atoms with Gasteiger partial charge in [0.2, 0.25) is 5.91 Å². The highest BCUT2D eigenvalue weighted by Crippen LogP contribution is 2.18. The molecular weight excluding hydrogens is 268 g/mol. The van der Waals surface area contributed by atoms with Crippen LogP contribution in [0.25, 0.3) is 0 Å². The van der Waals surface area contributed by atoms with Crippen molar-refractivity contribution in [3.8, 4) is 5.75 Å². The lowest BCUT2D eigenvalue weighted by atomic mass is 10.1. The molecule has 1 atom stereocenters. The number of sulfone groups is 1. The Balaban J connectivity index is 1.89. The molecule has 1 aromatic rings. The molecule has 0 aliphatic carbocycles. The van der Waals surface area contributed by atoms with Crippen molar-refractivity contribution in [1.82, 2.24) is 5.43 Å². The number of amides is 1. The minimum absolute atomic E-state index is 0.0623. The molecule has 102 valence electrons. The van der Waals surface area contributed by atoms with E-state index in [1.54, 1.807) is 12.1 Å². The monoisotopic (exact) mass is 282 g/mol. The van der Waals surface area contributed by atoms with Crippen LogP contribution in [0.1, 0.15) is 12.0 Å². The van der Waals surface area contributed by atoms with Crippen molar-refractivity contribution in [2.24, 2.45) is 11.0 Å². The quantitative estimate of drug-likeness (QED) is 0.614. The summed E-state index contributed by atoms with van der Waals surface area (Å²) in [5, 5.41) is 12.9. The molecule has 1 aliphatic rings. The predicted octanol–water partition coefficient (Wildman–Crippen LogP) is 0.277. The third-order valence-corrected chi connectivity index (χ3v) is 4.65. The van der Waals surface area contributed by atoms with Gasteiger partial charge >= 0.3 is 0 Å². The Morgan fingerprint density at radius 1 is 1.37 bits per heavy atom. The second-order valence-corrected chi connectivity index (χ2v) is 6.65. The van der Waals surface area contributed by atoms with E-state index in [2.05, 4.69) is 10.5 Å². The number of carbonyl (C=O) groups excluding carboxylic acids is 1. The molecule has 2 N–H and O–H groups in total. The van der Waals surface area contributed by atoms with E-state index in [1.807, 2.05) is 0 Å². The number of carbonyl (C=O) groups is 1. The van der Waals surface area contributed by atoms with Crippen LogP contribution in [0.5, 0.6) is 5.75 Å². The number of nitrogens with one attached hydrogen (secondary N) is 1. The van der Waals surface area contributed by atoms with E-state index in [9.17, 15) is 13.2 Å². The first-order valence-corrected chi connectivity index (χ1v) is 7.61. The lowest BCUT2D eigenvalue weighted by molar-refractivity contribution is -0.124. The van der Waals surface area contributed by atoms with Crippen molar-refractivity contribution >= 4 is 22.0 Å². The highest BCUT2D eigenvalue weighted by Gasteiger charge is 2.32. The Morgan fingerprint density at radius 2 is 2.05 bits per heavy atom. The third-order valence-electron chi connectivity index (χ3n) is 2.88. The van der Waals surface area contributed by atoms with Crippen LogP contribution in [-0.4, -0.2) is 37.2 Å². The maximum Gasteiger partial charge on any atom is 0.244 e. The second-order valence-electron chi connectivity index (χ2n) is 4.43. The SMILES string of the molecule is O=C(N/N=C/c1ccc(O)cc1)[C@H]1CCS(=O)(=O)C1. The van der Waals surface area contributed by atoms with Crippen LogP contribution in [-0.2, 0) is 14.6 Å².